The molecule has 1 N–H and O–H groups in total. The van der Waals surface area contributed by atoms with Gasteiger partial charge in [0.1, 0.15) is 0 Å². The number of rotatable bonds is 3. The average molecular weight is 376 g/mol. The molecule has 134 valence electrons. The lowest BCUT2D eigenvalue weighted by atomic mass is 9.67. The van der Waals surface area contributed by atoms with Gasteiger partial charge in [-0.1, -0.05) is 6.42 Å². The van der Waals surface area contributed by atoms with E-state index in [1.165, 1.54) is 30.8 Å². The summed E-state index contributed by atoms with van der Waals surface area (Å²) < 4.78 is 0.415. The van der Waals surface area contributed by atoms with Crippen molar-refractivity contribution in [2.45, 2.75) is 43.1 Å². The van der Waals surface area contributed by atoms with Gasteiger partial charge < -0.3 is 5.32 Å². The van der Waals surface area contributed by atoms with Crippen LogP contribution in [-0.2, 0) is 4.79 Å². The molecule has 1 spiro atoms. The van der Waals surface area contributed by atoms with Crippen molar-refractivity contribution in [3.63, 3.8) is 0 Å². The largest absolute Gasteiger partial charge is 0.326 e. The van der Waals surface area contributed by atoms with Crippen LogP contribution in [0.1, 0.15) is 49.4 Å². The second kappa shape index (κ2) is 6.99. The summed E-state index contributed by atoms with van der Waals surface area (Å²) in [7, 11) is 0. The first-order valence-corrected chi connectivity index (χ1v) is 11.3. The first-order chi connectivity index (χ1) is 12.1. The topological polar surface area (TPSA) is 46.2 Å². The van der Waals surface area contributed by atoms with Gasteiger partial charge in [0.25, 0.3) is 0 Å². The van der Waals surface area contributed by atoms with Crippen LogP contribution in [0.25, 0.3) is 0 Å². The summed E-state index contributed by atoms with van der Waals surface area (Å²) in [6.45, 7) is 1.56. The molecule has 1 saturated heterocycles. The fraction of sp³-hybridized carbons (Fsp3) is 0.600. The van der Waals surface area contributed by atoms with Crippen molar-refractivity contribution in [2.75, 3.05) is 16.8 Å². The molecule has 2 bridgehead atoms. The van der Waals surface area contributed by atoms with Crippen LogP contribution in [0, 0.1) is 17.8 Å². The Morgan fingerprint density at radius 1 is 1.04 bits per heavy atom. The van der Waals surface area contributed by atoms with Gasteiger partial charge in [-0.15, -0.1) is 23.5 Å². The number of anilines is 1. The summed E-state index contributed by atoms with van der Waals surface area (Å²) >= 11 is 4.36. The number of ketones is 1. The van der Waals surface area contributed by atoms with Gasteiger partial charge in [-0.2, -0.15) is 0 Å². The third-order valence-corrected chi connectivity index (χ3v) is 10.1. The summed E-state index contributed by atoms with van der Waals surface area (Å²) in [6, 6.07) is 7.24. The molecule has 0 radical (unpaired) electrons. The number of hydrogen-bond acceptors (Lipinski definition) is 4. The molecule has 3 fully saturated rings. The minimum Gasteiger partial charge on any atom is -0.326 e. The van der Waals surface area contributed by atoms with E-state index >= 15 is 0 Å². The van der Waals surface area contributed by atoms with E-state index in [4.69, 9.17) is 0 Å². The van der Waals surface area contributed by atoms with Crippen molar-refractivity contribution in [3.8, 4) is 0 Å². The molecule has 1 aliphatic heterocycles. The molecule has 4 rings (SSSR count). The lowest BCUT2D eigenvalue weighted by Gasteiger charge is -2.52. The minimum atomic E-state index is 0.0508. The van der Waals surface area contributed by atoms with Crippen LogP contribution in [0.3, 0.4) is 0 Å². The maximum atomic E-state index is 12.8. The molecule has 0 aromatic heterocycles. The number of benzene rings is 1. The minimum absolute atomic E-state index is 0.0508. The highest BCUT2D eigenvalue weighted by Gasteiger charge is 2.55. The van der Waals surface area contributed by atoms with Crippen LogP contribution >= 0.6 is 23.5 Å². The number of nitrogens with one attached hydrogen (secondary N) is 1. The van der Waals surface area contributed by atoms with Gasteiger partial charge in [-0.3, -0.25) is 9.59 Å². The van der Waals surface area contributed by atoms with E-state index in [9.17, 15) is 9.59 Å². The maximum Gasteiger partial charge on any atom is 0.227 e. The molecular formula is C20H25NO2S2. The van der Waals surface area contributed by atoms with Gasteiger partial charge in [0.05, 0.1) is 4.08 Å². The van der Waals surface area contributed by atoms with Gasteiger partial charge in [-0.05, 0) is 68.7 Å². The average Bonchev–Trinajstić information content (AvgIpc) is 3.04. The van der Waals surface area contributed by atoms with Gasteiger partial charge in [0.2, 0.25) is 5.91 Å². The molecule has 1 aromatic carbocycles. The van der Waals surface area contributed by atoms with Crippen LogP contribution in [0.4, 0.5) is 5.69 Å². The second-order valence-electron chi connectivity index (χ2n) is 7.53. The molecule has 2 saturated carbocycles. The lowest BCUT2D eigenvalue weighted by molar-refractivity contribution is -0.122. The Labute approximate surface area is 158 Å². The molecule has 5 heteroatoms. The van der Waals surface area contributed by atoms with E-state index in [2.05, 4.69) is 28.8 Å². The molecule has 3 aliphatic rings. The van der Waals surface area contributed by atoms with Crippen LogP contribution in [0.15, 0.2) is 24.3 Å². The summed E-state index contributed by atoms with van der Waals surface area (Å²) in [5, 5.41) is 3.08. The molecule has 25 heavy (non-hydrogen) atoms. The highest BCUT2D eigenvalue weighted by Crippen LogP contribution is 2.64. The molecule has 1 unspecified atom stereocenters. The van der Waals surface area contributed by atoms with Gasteiger partial charge in [-0.25, -0.2) is 0 Å². The van der Waals surface area contributed by atoms with Crippen molar-refractivity contribution in [2.24, 2.45) is 17.8 Å². The van der Waals surface area contributed by atoms with Crippen molar-refractivity contribution >= 4 is 40.9 Å². The number of carbonyl (C=O) groups excluding carboxylic acids is 2. The Bertz CT molecular complexity index is 651. The summed E-state index contributed by atoms with van der Waals surface area (Å²) in [5.74, 6) is 4.27. The molecule has 1 heterocycles. The predicted molar refractivity (Wildman–Crippen MR) is 106 cm³/mol. The summed E-state index contributed by atoms with van der Waals surface area (Å²) in [5.41, 5.74) is 1.48. The number of carbonyl (C=O) groups is 2. The Morgan fingerprint density at radius 2 is 1.64 bits per heavy atom. The van der Waals surface area contributed by atoms with E-state index in [0.717, 1.165) is 18.5 Å². The Morgan fingerprint density at radius 3 is 2.20 bits per heavy atom. The highest BCUT2D eigenvalue weighted by molar-refractivity contribution is 8.21. The third-order valence-electron chi connectivity index (χ3n) is 6.05. The predicted octanol–water partition coefficient (Wildman–Crippen LogP) is 4.83. The number of Topliss-reactive ketones (excluding diaryl/α,β-unsaturated/α-hetero) is 1. The number of amides is 1. The Kier molecular flexibility index (Phi) is 4.89. The molecule has 1 amide bonds. The molecule has 2 aliphatic carbocycles. The van der Waals surface area contributed by atoms with Gasteiger partial charge in [0.15, 0.2) is 5.78 Å². The Balaban J connectivity index is 1.44. The van der Waals surface area contributed by atoms with E-state index < -0.39 is 0 Å². The van der Waals surface area contributed by atoms with Crippen molar-refractivity contribution < 1.29 is 9.59 Å². The van der Waals surface area contributed by atoms with Crippen LogP contribution < -0.4 is 5.32 Å². The van der Waals surface area contributed by atoms with E-state index in [-0.39, 0.29) is 17.6 Å². The fourth-order valence-corrected chi connectivity index (χ4v) is 8.79. The van der Waals surface area contributed by atoms with Crippen LogP contribution in [0.2, 0.25) is 0 Å². The lowest BCUT2D eigenvalue weighted by Crippen LogP contribution is -2.48. The molecule has 3 nitrogen and oxygen atoms in total. The fourth-order valence-electron chi connectivity index (χ4n) is 4.86. The second-order valence-corrected chi connectivity index (χ2v) is 10.5. The van der Waals surface area contributed by atoms with Crippen molar-refractivity contribution in [1.82, 2.24) is 0 Å². The first-order valence-electron chi connectivity index (χ1n) is 9.28. The third kappa shape index (κ3) is 3.25. The quantitative estimate of drug-likeness (QED) is 0.769. The molecule has 1 aromatic rings. The monoisotopic (exact) mass is 375 g/mol. The van der Waals surface area contributed by atoms with E-state index in [1.807, 2.05) is 12.1 Å². The summed E-state index contributed by atoms with van der Waals surface area (Å²) in [6.07, 6.45) is 5.97. The normalized spacial score (nSPS) is 30.2. The van der Waals surface area contributed by atoms with Crippen LogP contribution in [0.5, 0.6) is 0 Å². The smallest absolute Gasteiger partial charge is 0.227 e. The number of hydrogen-bond donors (Lipinski definition) is 1. The number of thioether (sulfide) groups is 2. The Hall–Kier alpha value is -0.940. The van der Waals surface area contributed by atoms with Crippen molar-refractivity contribution in [1.29, 1.82) is 0 Å². The highest BCUT2D eigenvalue weighted by atomic mass is 32.2. The zero-order valence-corrected chi connectivity index (χ0v) is 16.3. The van der Waals surface area contributed by atoms with E-state index in [1.54, 1.807) is 19.1 Å². The standard InChI is InChI=1S/C20H25NO2S2/c1-13(22)14-5-7-18(8-6-14)21-19(23)15-11-16-3-2-4-17(12-15)20(16)24-9-10-25-20/h5-8,15-17H,2-4,9-12H2,1H3,(H,21,23)/t15?,16-,17+. The zero-order valence-electron chi connectivity index (χ0n) is 14.6. The molecule has 3 atom stereocenters. The molecular weight excluding hydrogens is 350 g/mol. The maximum absolute atomic E-state index is 12.8. The SMILES string of the molecule is CC(=O)c1ccc(NC(=O)C2C[C@H]3CCC[C@@H](C2)C32SCCS2)cc1. The first kappa shape index (κ1) is 17.5. The van der Waals surface area contributed by atoms with Gasteiger partial charge >= 0.3 is 0 Å². The van der Waals surface area contributed by atoms with Crippen molar-refractivity contribution in [3.05, 3.63) is 29.8 Å². The zero-order chi connectivity index (χ0) is 17.4. The van der Waals surface area contributed by atoms with Crippen LogP contribution in [-0.4, -0.2) is 27.3 Å². The van der Waals surface area contributed by atoms with Gasteiger partial charge in [0, 0.05) is 28.7 Å². The summed E-state index contributed by atoms with van der Waals surface area (Å²) in [4.78, 5) is 24.2. The van der Waals surface area contributed by atoms with E-state index in [0.29, 0.717) is 21.5 Å².